The van der Waals surface area contributed by atoms with E-state index in [-0.39, 0.29) is 37.2 Å². The van der Waals surface area contributed by atoms with Gasteiger partial charge in [-0.1, -0.05) is 0 Å². The minimum atomic E-state index is -2.40. The van der Waals surface area contributed by atoms with E-state index in [1.54, 1.807) is 5.20 Å². The third kappa shape index (κ3) is 5.06. The summed E-state index contributed by atoms with van der Waals surface area (Å²) >= 11 is 2.33. The van der Waals surface area contributed by atoms with Crippen LogP contribution in [0.4, 0.5) is 0 Å². The fourth-order valence-corrected chi connectivity index (χ4v) is 11.3. The second-order valence-corrected chi connectivity index (χ2v) is 12.5. The van der Waals surface area contributed by atoms with E-state index >= 15 is 0 Å². The zero-order valence-electron chi connectivity index (χ0n) is 18.5. The van der Waals surface area contributed by atoms with E-state index in [4.69, 9.17) is 0 Å². The Kier molecular flexibility index (Phi) is 10.6. The van der Waals surface area contributed by atoms with E-state index in [9.17, 15) is 0 Å². The van der Waals surface area contributed by atoms with Crippen molar-refractivity contribution >= 4 is 29.2 Å². The van der Waals surface area contributed by atoms with Gasteiger partial charge in [0.05, 0.1) is 0 Å². The van der Waals surface area contributed by atoms with E-state index in [0.717, 1.165) is 6.42 Å². The van der Waals surface area contributed by atoms with Crippen LogP contribution in [0.5, 0.6) is 0 Å². The summed E-state index contributed by atoms with van der Waals surface area (Å²) in [5.41, 5.74) is 2.70. The van der Waals surface area contributed by atoms with Gasteiger partial charge in [0.1, 0.15) is 0 Å². The molecule has 0 saturated carbocycles. The van der Waals surface area contributed by atoms with Crippen LogP contribution in [0, 0.1) is 0 Å². The molecule has 0 bridgehead atoms. The summed E-state index contributed by atoms with van der Waals surface area (Å²) in [6.07, 6.45) is 3.44. The zero-order chi connectivity index (χ0) is 21.1. The van der Waals surface area contributed by atoms with Crippen molar-refractivity contribution in [2.45, 2.75) is 6.42 Å². The third-order valence-electron chi connectivity index (χ3n) is 6.24. The van der Waals surface area contributed by atoms with Crippen molar-refractivity contribution < 1.29 is 57.7 Å². The summed E-state index contributed by atoms with van der Waals surface area (Å²) in [7, 11) is -2.40. The van der Waals surface area contributed by atoms with Gasteiger partial charge in [0.2, 0.25) is 0 Å². The molecule has 0 radical (unpaired) electrons. The maximum atomic E-state index is 2.44. The van der Waals surface area contributed by atoms with Crippen LogP contribution in [-0.4, -0.2) is 8.07 Å². The first-order valence-electron chi connectivity index (χ1n) is 10.7. The first-order valence-corrected chi connectivity index (χ1v) is 13.5. The fourth-order valence-electron chi connectivity index (χ4n) is 4.88. The second-order valence-electron chi connectivity index (χ2n) is 7.89. The molecule has 0 heterocycles. The molecule has 5 heteroatoms. The Morgan fingerprint density at radius 3 is 1.24 bits per heavy atom. The molecule has 0 nitrogen and oxygen atoms in total. The van der Waals surface area contributed by atoms with Gasteiger partial charge in [-0.3, -0.25) is 0 Å². The standard InChI is InChI=1S/C29H23Si.3ClH.Ti/c1-5-13-24(14-6-1)25-21-22-29(23-25)30(26-15-7-2-8-16-26,27-17-9-3-10-18-27)28-19-11-4-12-20-28;;;;/h1-21H,22H2;3*1H;/q;;;;+3/p-3. The van der Waals surface area contributed by atoms with E-state index in [0.29, 0.717) is 0 Å². The molecule has 34 heavy (non-hydrogen) atoms. The van der Waals surface area contributed by atoms with Gasteiger partial charge < -0.3 is 37.2 Å². The molecule has 0 aromatic heterocycles. The Balaban J connectivity index is 0.00000136. The molecule has 0 aliphatic heterocycles. The summed E-state index contributed by atoms with van der Waals surface area (Å²) in [4.78, 5) is 0. The third-order valence-corrected chi connectivity index (χ3v) is 12.5. The number of hydrogen-bond acceptors (Lipinski definition) is 0. The van der Waals surface area contributed by atoms with Crippen molar-refractivity contribution in [1.82, 2.24) is 0 Å². The van der Waals surface area contributed by atoms with Gasteiger partial charge in [-0.05, 0) is 0 Å². The van der Waals surface area contributed by atoms with Crippen LogP contribution in [0.3, 0.4) is 0 Å². The van der Waals surface area contributed by atoms with E-state index < -0.39 is 8.07 Å². The quantitative estimate of drug-likeness (QED) is 0.175. The summed E-state index contributed by atoms with van der Waals surface area (Å²) in [6.45, 7) is 0. The number of allylic oxidation sites excluding steroid dienone is 4. The van der Waals surface area contributed by atoms with Crippen molar-refractivity contribution in [2.24, 2.45) is 0 Å². The number of hydrogen-bond donors (Lipinski definition) is 0. The topological polar surface area (TPSA) is 0 Å². The Labute approximate surface area is 233 Å². The van der Waals surface area contributed by atoms with Crippen LogP contribution in [0.15, 0.2) is 136 Å². The fraction of sp³-hybridized carbons (Fsp3) is 0.0345. The summed E-state index contributed by atoms with van der Waals surface area (Å²) in [5.74, 6) is 0. The average Bonchev–Trinajstić information content (AvgIpc) is 3.24. The van der Waals surface area contributed by atoms with Gasteiger partial charge in [-0.15, -0.1) is 0 Å². The SMILES string of the molecule is [Cl-].[Cl-].[Cl-].[Ti+3][C]1=C([Si](c2ccccc2)(c2ccccc2)c2ccccc2)CC=C1c1ccccc1. The van der Waals surface area contributed by atoms with Crippen LogP contribution in [-0.2, 0) is 20.4 Å². The number of benzene rings is 4. The summed E-state index contributed by atoms with van der Waals surface area (Å²) in [5, 5.41) is 5.94. The normalized spacial score (nSPS) is 12.7. The van der Waals surface area contributed by atoms with Crippen LogP contribution < -0.4 is 52.8 Å². The van der Waals surface area contributed by atoms with Crippen molar-refractivity contribution in [3.63, 3.8) is 0 Å². The molecule has 0 fully saturated rings. The molecule has 0 spiro atoms. The number of rotatable bonds is 5. The zero-order valence-corrected chi connectivity index (χ0v) is 23.3. The molecule has 0 saturated heterocycles. The Morgan fingerprint density at radius 1 is 0.500 bits per heavy atom. The summed E-state index contributed by atoms with van der Waals surface area (Å²) < 4.78 is 1.44. The van der Waals surface area contributed by atoms with Gasteiger partial charge in [-0.2, -0.15) is 0 Å². The molecule has 1 aliphatic carbocycles. The first-order chi connectivity index (χ1) is 15.3. The molecule has 0 atom stereocenters. The predicted octanol–water partition coefficient (Wildman–Crippen LogP) is -4.00. The molecule has 168 valence electrons. The molecule has 1 aliphatic rings. The van der Waals surface area contributed by atoms with Crippen molar-refractivity contribution in [3.05, 3.63) is 142 Å². The molecular weight excluding hydrogens is 531 g/mol. The molecule has 0 unspecified atom stereocenters. The number of halogens is 3. The molecule has 5 rings (SSSR count). The van der Waals surface area contributed by atoms with Crippen LogP contribution in [0.1, 0.15) is 12.0 Å². The van der Waals surface area contributed by atoms with Gasteiger partial charge in [-0.25, -0.2) is 0 Å². The van der Waals surface area contributed by atoms with Gasteiger partial charge in [0, 0.05) is 0 Å². The van der Waals surface area contributed by atoms with Crippen molar-refractivity contribution in [1.29, 1.82) is 0 Å². The van der Waals surface area contributed by atoms with Gasteiger partial charge in [0.15, 0.2) is 0 Å². The molecule has 4 aromatic rings. The van der Waals surface area contributed by atoms with Crippen LogP contribution in [0.25, 0.3) is 5.57 Å². The van der Waals surface area contributed by atoms with Crippen LogP contribution >= 0.6 is 0 Å². The second kappa shape index (κ2) is 12.7. The monoisotopic (exact) mass is 552 g/mol. The molecule has 0 N–H and O–H groups in total. The maximum absolute atomic E-state index is 2.44. The van der Waals surface area contributed by atoms with Gasteiger partial charge in [0.25, 0.3) is 0 Å². The van der Waals surface area contributed by atoms with Crippen molar-refractivity contribution in [2.75, 3.05) is 0 Å². The molecule has 0 amide bonds. The summed E-state index contributed by atoms with van der Waals surface area (Å²) in [6, 6.07) is 44.4. The molecular formula is C29H23Cl3SiTi. The molecule has 4 aromatic carbocycles. The first kappa shape index (κ1) is 28.4. The Morgan fingerprint density at radius 2 is 0.853 bits per heavy atom. The van der Waals surface area contributed by atoms with E-state index in [1.807, 2.05) is 0 Å². The minimum absolute atomic E-state index is 0. The van der Waals surface area contributed by atoms with Gasteiger partial charge >= 0.3 is 198 Å². The predicted molar refractivity (Wildman–Crippen MR) is 130 cm³/mol. The van der Waals surface area contributed by atoms with E-state index in [2.05, 4.69) is 148 Å². The van der Waals surface area contributed by atoms with Crippen LogP contribution in [0.2, 0.25) is 0 Å². The Bertz CT molecular complexity index is 1150. The average molecular weight is 554 g/mol. The van der Waals surface area contributed by atoms with Crippen molar-refractivity contribution in [3.8, 4) is 0 Å². The van der Waals surface area contributed by atoms with E-state index in [1.165, 1.54) is 30.6 Å². The Hall–Kier alpha value is -1.84.